The number of rotatable bonds is 8. The highest BCUT2D eigenvalue weighted by atomic mass is 32.2. The van der Waals surface area contributed by atoms with E-state index in [-0.39, 0.29) is 10.9 Å². The maximum Gasteiger partial charge on any atom is 0.264 e. The van der Waals surface area contributed by atoms with Gasteiger partial charge in [-0.2, -0.15) is 0 Å². The first-order chi connectivity index (χ1) is 15.9. The molecule has 0 bridgehead atoms. The van der Waals surface area contributed by atoms with Gasteiger partial charge in [-0.05, 0) is 60.7 Å². The van der Waals surface area contributed by atoms with Gasteiger partial charge in [0.05, 0.1) is 24.8 Å². The predicted octanol–water partition coefficient (Wildman–Crippen LogP) is 4.76. The fourth-order valence-corrected chi connectivity index (χ4v) is 6.61. The fourth-order valence-electron chi connectivity index (χ4n) is 4.16. The minimum atomic E-state index is -3.93. The summed E-state index contributed by atoms with van der Waals surface area (Å²) in [6.07, 6.45) is 1.36. The summed E-state index contributed by atoms with van der Waals surface area (Å²) >= 11 is 1.73. The number of hydrogen-bond donors (Lipinski definition) is 0. The number of anilines is 1. The lowest BCUT2D eigenvalue weighted by Gasteiger charge is -2.39. The average molecular weight is 491 g/mol. The smallest absolute Gasteiger partial charge is 0.264 e. The van der Waals surface area contributed by atoms with Crippen LogP contribution >= 0.6 is 11.3 Å². The van der Waals surface area contributed by atoms with Crippen molar-refractivity contribution in [2.24, 2.45) is 0 Å². The molecule has 1 saturated heterocycles. The molecule has 1 fully saturated rings. The lowest BCUT2D eigenvalue weighted by atomic mass is 10.0. The van der Waals surface area contributed by atoms with Crippen molar-refractivity contribution in [3.63, 3.8) is 0 Å². The Hall–Kier alpha value is -2.62. The Bertz CT molecular complexity index is 1160. The molecule has 0 N–H and O–H groups in total. The second-order valence-corrected chi connectivity index (χ2v) is 10.7. The second-order valence-electron chi connectivity index (χ2n) is 7.88. The van der Waals surface area contributed by atoms with Crippen LogP contribution in [0, 0.1) is 5.82 Å². The topological polar surface area (TPSA) is 59.1 Å². The first-order valence-corrected chi connectivity index (χ1v) is 13.0. The van der Waals surface area contributed by atoms with E-state index in [0.29, 0.717) is 30.0 Å². The van der Waals surface area contributed by atoms with Crippen molar-refractivity contribution in [2.75, 3.05) is 31.6 Å². The zero-order chi connectivity index (χ0) is 23.4. The van der Waals surface area contributed by atoms with Crippen molar-refractivity contribution in [3.8, 4) is 11.5 Å². The third-order valence-electron chi connectivity index (χ3n) is 5.84. The number of halogens is 1. The third kappa shape index (κ3) is 5.15. The molecule has 1 aliphatic heterocycles. The normalized spacial score (nSPS) is 15.4. The van der Waals surface area contributed by atoms with E-state index in [1.54, 1.807) is 29.5 Å². The number of likely N-dealkylation sites (tertiary alicyclic amines) is 1. The zero-order valence-corrected chi connectivity index (χ0v) is 20.2. The molecular formula is C24H27FN2O4S2. The van der Waals surface area contributed by atoms with Crippen LogP contribution in [0.2, 0.25) is 0 Å². The number of sulfonamides is 1. The molecule has 0 aliphatic carbocycles. The fraction of sp³-hybridized carbons (Fsp3) is 0.333. The molecule has 6 nitrogen and oxygen atoms in total. The molecule has 0 spiro atoms. The Morgan fingerprint density at radius 2 is 1.73 bits per heavy atom. The molecular weight excluding hydrogens is 463 g/mol. The van der Waals surface area contributed by atoms with Gasteiger partial charge in [0.15, 0.2) is 11.5 Å². The van der Waals surface area contributed by atoms with Crippen LogP contribution in [0.5, 0.6) is 11.5 Å². The van der Waals surface area contributed by atoms with Gasteiger partial charge in [0.2, 0.25) is 0 Å². The van der Waals surface area contributed by atoms with Gasteiger partial charge in [-0.15, -0.1) is 11.3 Å². The minimum absolute atomic E-state index is 0.0553. The lowest BCUT2D eigenvalue weighted by molar-refractivity contribution is 0.208. The van der Waals surface area contributed by atoms with Gasteiger partial charge >= 0.3 is 0 Å². The van der Waals surface area contributed by atoms with Crippen LogP contribution in [-0.4, -0.2) is 46.7 Å². The summed E-state index contributed by atoms with van der Waals surface area (Å²) in [6, 6.07) is 14.0. The molecule has 0 unspecified atom stereocenters. The largest absolute Gasteiger partial charge is 0.493 e. The molecule has 2 heterocycles. The number of hydrogen-bond acceptors (Lipinski definition) is 6. The number of methoxy groups -OCH3 is 2. The lowest BCUT2D eigenvalue weighted by Crippen LogP contribution is -2.47. The molecule has 0 saturated carbocycles. The van der Waals surface area contributed by atoms with E-state index in [0.717, 1.165) is 19.6 Å². The molecule has 176 valence electrons. The highest BCUT2D eigenvalue weighted by molar-refractivity contribution is 7.92. The van der Waals surface area contributed by atoms with Crippen LogP contribution in [0.15, 0.2) is 64.9 Å². The Kier molecular flexibility index (Phi) is 7.21. The van der Waals surface area contributed by atoms with E-state index in [1.807, 2.05) is 6.07 Å². The van der Waals surface area contributed by atoms with Gasteiger partial charge in [-0.1, -0.05) is 6.07 Å². The summed E-state index contributed by atoms with van der Waals surface area (Å²) < 4.78 is 53.2. The van der Waals surface area contributed by atoms with Gasteiger partial charge in [-0.3, -0.25) is 9.21 Å². The minimum Gasteiger partial charge on any atom is -0.493 e. The Balaban J connectivity index is 1.65. The van der Waals surface area contributed by atoms with Crippen LogP contribution in [0.4, 0.5) is 10.1 Å². The molecule has 33 heavy (non-hydrogen) atoms. The molecule has 1 aromatic heterocycles. The highest BCUT2D eigenvalue weighted by Crippen LogP contribution is 2.37. The monoisotopic (exact) mass is 490 g/mol. The Labute approximate surface area is 198 Å². The third-order valence-corrected chi connectivity index (χ3v) is 8.60. The highest BCUT2D eigenvalue weighted by Gasteiger charge is 2.34. The molecule has 9 heteroatoms. The van der Waals surface area contributed by atoms with Crippen LogP contribution in [0.1, 0.15) is 17.7 Å². The number of nitrogens with zero attached hydrogens (tertiary/aromatic N) is 2. The maximum atomic E-state index is 13.8. The predicted molar refractivity (Wildman–Crippen MR) is 128 cm³/mol. The maximum absolute atomic E-state index is 13.8. The quantitative estimate of drug-likeness (QED) is 0.456. The van der Waals surface area contributed by atoms with Crippen molar-refractivity contribution in [3.05, 3.63) is 70.7 Å². The van der Waals surface area contributed by atoms with Gasteiger partial charge in [-0.25, -0.2) is 12.8 Å². The van der Waals surface area contributed by atoms with E-state index in [9.17, 15) is 12.8 Å². The van der Waals surface area contributed by atoms with Gasteiger partial charge < -0.3 is 9.47 Å². The molecule has 3 aromatic rings. The van der Waals surface area contributed by atoms with Crippen molar-refractivity contribution in [1.29, 1.82) is 0 Å². The molecule has 0 amide bonds. The van der Waals surface area contributed by atoms with E-state index >= 15 is 0 Å². The summed E-state index contributed by atoms with van der Waals surface area (Å²) in [5.41, 5.74) is 0.494. The zero-order valence-electron chi connectivity index (χ0n) is 18.6. The summed E-state index contributed by atoms with van der Waals surface area (Å²) in [5, 5.41) is 2.07. The van der Waals surface area contributed by atoms with E-state index < -0.39 is 15.8 Å². The summed E-state index contributed by atoms with van der Waals surface area (Å²) in [5.74, 6) is 0.490. The standard InChI is InChI=1S/C24H27FN2O4S2/c1-30-23-10-7-20(16-24(23)31-2)27(33(28,29)22-8-5-18(25)6-9-22)19-11-13-26(14-12-19)17-21-4-3-15-32-21/h3-10,15-16,19H,11-14,17H2,1-2H3. The summed E-state index contributed by atoms with van der Waals surface area (Å²) in [6.45, 7) is 2.43. The number of piperidine rings is 1. The molecule has 0 radical (unpaired) electrons. The van der Waals surface area contributed by atoms with Gasteiger partial charge in [0.1, 0.15) is 5.82 Å². The molecule has 4 rings (SSSR count). The summed E-state index contributed by atoms with van der Waals surface area (Å²) in [4.78, 5) is 3.70. The van der Waals surface area contributed by atoms with Crippen LogP contribution in [0.3, 0.4) is 0 Å². The van der Waals surface area contributed by atoms with Gasteiger partial charge in [0.25, 0.3) is 10.0 Å². The van der Waals surface area contributed by atoms with Crippen molar-refractivity contribution >= 4 is 27.0 Å². The van der Waals surface area contributed by atoms with Crippen LogP contribution in [-0.2, 0) is 16.6 Å². The first-order valence-electron chi connectivity index (χ1n) is 10.7. The number of ether oxygens (including phenoxy) is 2. The van der Waals surface area contributed by atoms with Crippen LogP contribution in [0.25, 0.3) is 0 Å². The molecule has 1 aliphatic rings. The van der Waals surface area contributed by atoms with E-state index in [1.165, 1.54) is 47.7 Å². The van der Waals surface area contributed by atoms with E-state index in [2.05, 4.69) is 16.3 Å². The van der Waals surface area contributed by atoms with Crippen LogP contribution < -0.4 is 13.8 Å². The second kappa shape index (κ2) is 10.1. The van der Waals surface area contributed by atoms with Gasteiger partial charge in [0, 0.05) is 36.6 Å². The first kappa shape index (κ1) is 23.5. The average Bonchev–Trinajstić information content (AvgIpc) is 3.33. The number of thiophene rings is 1. The molecule has 0 atom stereocenters. The number of benzene rings is 2. The van der Waals surface area contributed by atoms with Crippen molar-refractivity contribution in [2.45, 2.75) is 30.3 Å². The Morgan fingerprint density at radius 3 is 2.33 bits per heavy atom. The molecule has 2 aromatic carbocycles. The van der Waals surface area contributed by atoms with Crippen molar-refractivity contribution < 1.29 is 22.3 Å². The Morgan fingerprint density at radius 1 is 1.03 bits per heavy atom. The van der Waals surface area contributed by atoms with Crippen molar-refractivity contribution in [1.82, 2.24) is 4.90 Å². The SMILES string of the molecule is COc1ccc(N(C2CCN(Cc3cccs3)CC2)S(=O)(=O)c2ccc(F)cc2)cc1OC. The van der Waals surface area contributed by atoms with E-state index in [4.69, 9.17) is 9.47 Å². The summed E-state index contributed by atoms with van der Waals surface area (Å²) in [7, 11) is -0.876.